The maximum atomic E-state index is 4.04. The largest absolute Gasteiger partial charge is 0.316 e. The number of hydrogen-bond donors (Lipinski definition) is 1. The van der Waals surface area contributed by atoms with E-state index in [-0.39, 0.29) is 0 Å². The first-order chi connectivity index (χ1) is 7.81. The second-order valence-electron chi connectivity index (χ2n) is 3.81. The maximum Gasteiger partial charge on any atom is 0.115 e. The first-order valence-electron chi connectivity index (χ1n) is 5.31. The van der Waals surface area contributed by atoms with E-state index in [1.807, 2.05) is 19.4 Å². The molecule has 1 N–H and O–H groups in total. The van der Waals surface area contributed by atoms with E-state index in [4.69, 9.17) is 0 Å². The van der Waals surface area contributed by atoms with Gasteiger partial charge in [0.2, 0.25) is 0 Å². The molecule has 0 bridgehead atoms. The van der Waals surface area contributed by atoms with Gasteiger partial charge in [-0.2, -0.15) is 0 Å². The molecule has 1 heterocycles. The van der Waals surface area contributed by atoms with E-state index in [2.05, 4.69) is 40.4 Å². The maximum absolute atomic E-state index is 4.04. The second kappa shape index (κ2) is 4.86. The zero-order chi connectivity index (χ0) is 11.4. The monoisotopic (exact) mass is 213 g/mol. The minimum Gasteiger partial charge on any atom is -0.316 e. The van der Waals surface area contributed by atoms with Crippen molar-refractivity contribution in [1.29, 1.82) is 0 Å². The van der Waals surface area contributed by atoms with Gasteiger partial charge in [0.1, 0.15) is 6.33 Å². The van der Waals surface area contributed by atoms with Gasteiger partial charge in [-0.3, -0.25) is 0 Å². The SMILES string of the molecule is CNCc1ccc(-c2cncnc2)c(C)c1. The fraction of sp³-hybridized carbons (Fsp3) is 0.231. The molecule has 0 unspecified atom stereocenters. The molecule has 0 saturated heterocycles. The van der Waals surface area contributed by atoms with E-state index in [1.165, 1.54) is 16.7 Å². The summed E-state index contributed by atoms with van der Waals surface area (Å²) in [6.07, 6.45) is 5.23. The van der Waals surface area contributed by atoms with Gasteiger partial charge in [-0.25, -0.2) is 9.97 Å². The molecule has 0 atom stereocenters. The predicted molar refractivity (Wildman–Crippen MR) is 65.0 cm³/mol. The zero-order valence-electron chi connectivity index (χ0n) is 9.57. The Morgan fingerprint density at radius 3 is 2.56 bits per heavy atom. The van der Waals surface area contributed by atoms with E-state index in [0.717, 1.165) is 12.1 Å². The van der Waals surface area contributed by atoms with E-state index >= 15 is 0 Å². The van der Waals surface area contributed by atoms with Crippen molar-refractivity contribution < 1.29 is 0 Å². The third kappa shape index (κ3) is 2.25. The molecule has 82 valence electrons. The molecule has 0 radical (unpaired) electrons. The highest BCUT2D eigenvalue weighted by molar-refractivity contribution is 5.65. The van der Waals surface area contributed by atoms with Gasteiger partial charge in [-0.05, 0) is 30.7 Å². The lowest BCUT2D eigenvalue weighted by Crippen LogP contribution is -2.05. The number of aryl methyl sites for hydroxylation is 1. The van der Waals surface area contributed by atoms with Crippen LogP contribution in [0.4, 0.5) is 0 Å². The molecule has 3 heteroatoms. The van der Waals surface area contributed by atoms with E-state index in [0.29, 0.717) is 0 Å². The zero-order valence-corrected chi connectivity index (χ0v) is 9.57. The fourth-order valence-electron chi connectivity index (χ4n) is 1.80. The van der Waals surface area contributed by atoms with Crippen LogP contribution in [0.25, 0.3) is 11.1 Å². The number of rotatable bonds is 3. The summed E-state index contributed by atoms with van der Waals surface area (Å²) < 4.78 is 0. The average Bonchev–Trinajstić information content (AvgIpc) is 2.31. The third-order valence-corrected chi connectivity index (χ3v) is 2.54. The van der Waals surface area contributed by atoms with Gasteiger partial charge < -0.3 is 5.32 Å². The summed E-state index contributed by atoms with van der Waals surface area (Å²) in [7, 11) is 1.95. The highest BCUT2D eigenvalue weighted by Crippen LogP contribution is 2.22. The number of nitrogens with zero attached hydrogens (tertiary/aromatic N) is 2. The van der Waals surface area contributed by atoms with Crippen LogP contribution in [0, 0.1) is 6.92 Å². The average molecular weight is 213 g/mol. The smallest absolute Gasteiger partial charge is 0.115 e. The molecule has 0 fully saturated rings. The van der Waals surface area contributed by atoms with Gasteiger partial charge in [-0.15, -0.1) is 0 Å². The normalized spacial score (nSPS) is 10.4. The van der Waals surface area contributed by atoms with Crippen LogP contribution in [-0.4, -0.2) is 17.0 Å². The van der Waals surface area contributed by atoms with E-state index < -0.39 is 0 Å². The summed E-state index contributed by atoms with van der Waals surface area (Å²) in [5.74, 6) is 0. The standard InChI is InChI=1S/C13H15N3/c1-10-5-11(6-14-2)3-4-13(10)12-7-15-9-16-8-12/h3-5,7-9,14H,6H2,1-2H3. The Labute approximate surface area is 95.6 Å². The number of aromatic nitrogens is 2. The molecule has 1 aromatic heterocycles. The van der Waals surface area contributed by atoms with E-state index in [9.17, 15) is 0 Å². The Morgan fingerprint density at radius 2 is 1.94 bits per heavy atom. The van der Waals surface area contributed by atoms with Gasteiger partial charge >= 0.3 is 0 Å². The van der Waals surface area contributed by atoms with Crippen molar-refractivity contribution in [2.45, 2.75) is 13.5 Å². The lowest BCUT2D eigenvalue weighted by atomic mass is 10.0. The van der Waals surface area contributed by atoms with Crippen LogP contribution in [0.3, 0.4) is 0 Å². The van der Waals surface area contributed by atoms with Crippen LogP contribution in [0.5, 0.6) is 0 Å². The number of nitrogens with one attached hydrogen (secondary N) is 1. The van der Waals surface area contributed by atoms with Crippen LogP contribution in [-0.2, 0) is 6.54 Å². The van der Waals surface area contributed by atoms with Gasteiger partial charge in [-0.1, -0.05) is 18.2 Å². The molecule has 2 aromatic rings. The molecule has 3 nitrogen and oxygen atoms in total. The molecule has 0 aliphatic carbocycles. The lowest BCUT2D eigenvalue weighted by molar-refractivity contribution is 0.817. The minimum atomic E-state index is 0.895. The number of hydrogen-bond acceptors (Lipinski definition) is 3. The van der Waals surface area contributed by atoms with Crippen molar-refractivity contribution in [3.05, 3.63) is 48.0 Å². The number of benzene rings is 1. The summed E-state index contributed by atoms with van der Waals surface area (Å²) in [5, 5.41) is 3.15. The topological polar surface area (TPSA) is 37.8 Å². The Balaban J connectivity index is 2.37. The highest BCUT2D eigenvalue weighted by Gasteiger charge is 2.02. The van der Waals surface area contributed by atoms with Crippen molar-refractivity contribution in [2.24, 2.45) is 0 Å². The molecule has 1 aromatic carbocycles. The van der Waals surface area contributed by atoms with Crippen LogP contribution < -0.4 is 5.32 Å². The van der Waals surface area contributed by atoms with Crippen molar-refractivity contribution >= 4 is 0 Å². The Kier molecular flexibility index (Phi) is 3.27. The summed E-state index contributed by atoms with van der Waals surface area (Å²) in [6, 6.07) is 6.45. The summed E-state index contributed by atoms with van der Waals surface area (Å²) in [5.41, 5.74) is 4.81. The van der Waals surface area contributed by atoms with Crippen LogP contribution in [0.2, 0.25) is 0 Å². The molecule has 16 heavy (non-hydrogen) atoms. The summed E-state index contributed by atoms with van der Waals surface area (Å²) in [4.78, 5) is 8.07. The predicted octanol–water partition coefficient (Wildman–Crippen LogP) is 2.17. The summed E-state index contributed by atoms with van der Waals surface area (Å²) in [6.45, 7) is 3.01. The molecule has 2 rings (SSSR count). The third-order valence-electron chi connectivity index (χ3n) is 2.54. The van der Waals surface area contributed by atoms with Crippen LogP contribution in [0.1, 0.15) is 11.1 Å². The molecule has 0 spiro atoms. The lowest BCUT2D eigenvalue weighted by Gasteiger charge is -2.07. The first kappa shape index (κ1) is 10.8. The van der Waals surface area contributed by atoms with Crippen molar-refractivity contribution in [3.8, 4) is 11.1 Å². The van der Waals surface area contributed by atoms with Crippen molar-refractivity contribution in [3.63, 3.8) is 0 Å². The van der Waals surface area contributed by atoms with Gasteiger partial charge in [0.05, 0.1) is 0 Å². The molecular weight excluding hydrogens is 198 g/mol. The van der Waals surface area contributed by atoms with Gasteiger partial charge in [0.25, 0.3) is 0 Å². The van der Waals surface area contributed by atoms with Crippen LogP contribution in [0.15, 0.2) is 36.9 Å². The first-order valence-corrected chi connectivity index (χ1v) is 5.31. The second-order valence-corrected chi connectivity index (χ2v) is 3.81. The fourth-order valence-corrected chi connectivity index (χ4v) is 1.80. The highest BCUT2D eigenvalue weighted by atomic mass is 14.8. The summed E-state index contributed by atoms with van der Waals surface area (Å²) >= 11 is 0. The van der Waals surface area contributed by atoms with Crippen molar-refractivity contribution in [2.75, 3.05) is 7.05 Å². The van der Waals surface area contributed by atoms with Gasteiger partial charge in [0, 0.05) is 24.5 Å². The van der Waals surface area contributed by atoms with Crippen LogP contribution >= 0.6 is 0 Å². The van der Waals surface area contributed by atoms with Gasteiger partial charge in [0.15, 0.2) is 0 Å². The molecule has 0 amide bonds. The minimum absolute atomic E-state index is 0.895. The van der Waals surface area contributed by atoms with E-state index in [1.54, 1.807) is 6.33 Å². The Bertz CT molecular complexity index is 466. The molecule has 0 saturated carbocycles. The van der Waals surface area contributed by atoms with Crippen molar-refractivity contribution in [1.82, 2.24) is 15.3 Å². The molecule has 0 aliphatic rings. The Hall–Kier alpha value is -1.74. The molecular formula is C13H15N3. The Morgan fingerprint density at radius 1 is 1.19 bits per heavy atom. The molecule has 0 aliphatic heterocycles. The quantitative estimate of drug-likeness (QED) is 0.849.